The van der Waals surface area contributed by atoms with Crippen molar-refractivity contribution >= 4 is 23.4 Å². The number of cyclic esters (lactones) is 1. The standard InChI is InChI=1S/C28H31NO8/c1-5-16-6-8-19(30)15(4)37-27(35)14(3)11-18-26(34)29-22-12-21(32)23-17(28(18,22)36)10-13(2)25(33)24(23)20(31)9-7-16/h6,8,10-12,15-16,18-19,30,33,36H,5,7,9H2,1-4H3,(H,29,34)/b8-6+,14-11-/t15-,16+,18-,19-,28-/m0/s1. The molecule has 0 aromatic heterocycles. The largest absolute Gasteiger partial charge is 0.507 e. The van der Waals surface area contributed by atoms with Gasteiger partial charge in [0.2, 0.25) is 5.91 Å². The number of rotatable bonds is 1. The summed E-state index contributed by atoms with van der Waals surface area (Å²) >= 11 is 0. The van der Waals surface area contributed by atoms with E-state index in [9.17, 15) is 34.5 Å². The number of amides is 1. The number of nitrogens with one attached hydrogen (secondary N) is 1. The number of carbonyl (C=O) groups excluding carboxylic acids is 4. The molecule has 1 fully saturated rings. The molecule has 2 aliphatic heterocycles. The minimum atomic E-state index is -2.08. The van der Waals surface area contributed by atoms with Crippen LogP contribution in [0.25, 0.3) is 0 Å². The first-order chi connectivity index (χ1) is 17.4. The minimum Gasteiger partial charge on any atom is -0.507 e. The summed E-state index contributed by atoms with van der Waals surface area (Å²) in [5, 5.41) is 35.8. The third-order valence-corrected chi connectivity index (χ3v) is 7.46. The summed E-state index contributed by atoms with van der Waals surface area (Å²) < 4.78 is 5.39. The van der Waals surface area contributed by atoms with Crippen LogP contribution in [0.5, 0.6) is 5.75 Å². The molecule has 4 rings (SSSR count). The normalized spacial score (nSPS) is 32.6. The molecule has 0 spiro atoms. The average Bonchev–Trinajstić information content (AvgIpc) is 3.09. The van der Waals surface area contributed by atoms with Crippen molar-refractivity contribution in [1.29, 1.82) is 0 Å². The predicted molar refractivity (Wildman–Crippen MR) is 133 cm³/mol. The third kappa shape index (κ3) is 4.42. The number of carbonyl (C=O) groups is 4. The number of phenolic OH excluding ortho intramolecular Hbond substituents is 1. The number of hydrogen-bond acceptors (Lipinski definition) is 8. The number of phenols is 1. The zero-order valence-electron chi connectivity index (χ0n) is 21.2. The van der Waals surface area contributed by atoms with Gasteiger partial charge in [0.05, 0.1) is 17.2 Å². The van der Waals surface area contributed by atoms with Gasteiger partial charge in [0.1, 0.15) is 23.6 Å². The number of aromatic hydroxyl groups is 1. The topological polar surface area (TPSA) is 150 Å². The van der Waals surface area contributed by atoms with Crippen LogP contribution in [0.15, 0.2) is 41.6 Å². The lowest BCUT2D eigenvalue weighted by Gasteiger charge is -2.34. The van der Waals surface area contributed by atoms with Gasteiger partial charge in [-0.15, -0.1) is 0 Å². The molecule has 0 radical (unpaired) electrons. The van der Waals surface area contributed by atoms with Crippen molar-refractivity contribution in [3.8, 4) is 5.75 Å². The van der Waals surface area contributed by atoms with E-state index in [1.807, 2.05) is 6.92 Å². The van der Waals surface area contributed by atoms with Crippen molar-refractivity contribution < 1.29 is 39.2 Å². The first-order valence-electron chi connectivity index (χ1n) is 12.4. The van der Waals surface area contributed by atoms with Gasteiger partial charge in [-0.3, -0.25) is 14.4 Å². The first-order valence-corrected chi connectivity index (χ1v) is 12.4. The minimum absolute atomic E-state index is 0.00512. The summed E-state index contributed by atoms with van der Waals surface area (Å²) in [7, 11) is 0. The van der Waals surface area contributed by atoms with E-state index in [0.29, 0.717) is 12.8 Å². The van der Waals surface area contributed by atoms with E-state index in [-0.39, 0.29) is 51.6 Å². The number of hydrogen-bond donors (Lipinski definition) is 4. The Kier molecular flexibility index (Phi) is 6.96. The van der Waals surface area contributed by atoms with Crippen LogP contribution in [0.3, 0.4) is 0 Å². The number of aliphatic hydroxyl groups excluding tert-OH is 1. The fraction of sp³-hybridized carbons (Fsp3) is 0.429. The molecule has 3 aliphatic rings. The van der Waals surface area contributed by atoms with Crippen molar-refractivity contribution in [1.82, 2.24) is 5.32 Å². The highest BCUT2D eigenvalue weighted by atomic mass is 16.6. The quantitative estimate of drug-likeness (QED) is 0.333. The Hall–Kier alpha value is -3.56. The molecule has 5 atom stereocenters. The highest BCUT2D eigenvalue weighted by Gasteiger charge is 2.55. The van der Waals surface area contributed by atoms with Gasteiger partial charge in [-0.05, 0) is 51.2 Å². The van der Waals surface area contributed by atoms with E-state index in [0.717, 1.165) is 6.08 Å². The van der Waals surface area contributed by atoms with Gasteiger partial charge in [-0.2, -0.15) is 0 Å². The molecule has 1 aromatic carbocycles. The highest BCUT2D eigenvalue weighted by molar-refractivity contribution is 6.17. The van der Waals surface area contributed by atoms with Crippen LogP contribution >= 0.6 is 0 Å². The molecule has 2 heterocycles. The van der Waals surface area contributed by atoms with Crippen LogP contribution in [0.2, 0.25) is 0 Å². The maximum Gasteiger partial charge on any atom is 0.333 e. The fourth-order valence-electron chi connectivity index (χ4n) is 5.11. The second-order valence-electron chi connectivity index (χ2n) is 9.96. The Morgan fingerprint density at radius 1 is 1.14 bits per heavy atom. The SMILES string of the molecule is CC[C@@H]1/C=C/[C@H](O)[C@H](C)OC(=O)/C(C)=C\[C@H]2C(=O)NC3=CC(=O)c4c(cc(C)c(O)c4C(=O)CC1)[C@@]32O. The second-order valence-corrected chi connectivity index (χ2v) is 9.96. The molecular weight excluding hydrogens is 478 g/mol. The summed E-state index contributed by atoms with van der Waals surface area (Å²) in [6, 6.07) is 1.39. The van der Waals surface area contributed by atoms with Crippen molar-refractivity contribution in [3.63, 3.8) is 0 Å². The van der Waals surface area contributed by atoms with E-state index >= 15 is 0 Å². The summed E-state index contributed by atoms with van der Waals surface area (Å²) in [6.07, 6.45) is 4.60. The third-order valence-electron chi connectivity index (χ3n) is 7.46. The van der Waals surface area contributed by atoms with Gasteiger partial charge in [-0.25, -0.2) is 4.79 Å². The molecule has 1 aromatic rings. The zero-order chi connectivity index (χ0) is 27.2. The van der Waals surface area contributed by atoms with Crippen LogP contribution in [0.1, 0.15) is 71.9 Å². The molecule has 1 amide bonds. The molecule has 0 unspecified atom stereocenters. The van der Waals surface area contributed by atoms with Crippen molar-refractivity contribution in [2.75, 3.05) is 0 Å². The van der Waals surface area contributed by atoms with Crippen molar-refractivity contribution in [3.05, 3.63) is 63.9 Å². The molecule has 196 valence electrons. The Morgan fingerprint density at radius 2 is 1.84 bits per heavy atom. The van der Waals surface area contributed by atoms with E-state index < -0.39 is 47.2 Å². The summed E-state index contributed by atoms with van der Waals surface area (Å²) in [5.41, 5.74) is -2.23. The molecule has 0 saturated carbocycles. The monoisotopic (exact) mass is 509 g/mol. The lowest BCUT2D eigenvalue weighted by atomic mass is 9.72. The lowest BCUT2D eigenvalue weighted by molar-refractivity contribution is -0.147. The summed E-state index contributed by atoms with van der Waals surface area (Å²) in [5.74, 6) is -4.33. The summed E-state index contributed by atoms with van der Waals surface area (Å²) in [4.78, 5) is 52.4. The predicted octanol–water partition coefficient (Wildman–Crippen LogP) is 2.51. The van der Waals surface area contributed by atoms with Crippen LogP contribution in [0, 0.1) is 18.8 Å². The maximum absolute atomic E-state index is 13.4. The molecule has 37 heavy (non-hydrogen) atoms. The number of ether oxygens (including phenoxy) is 1. The molecule has 4 bridgehead atoms. The van der Waals surface area contributed by atoms with Gasteiger partial charge in [0.15, 0.2) is 11.6 Å². The Bertz CT molecular complexity index is 1290. The van der Waals surface area contributed by atoms with Gasteiger partial charge >= 0.3 is 5.97 Å². The fourth-order valence-corrected chi connectivity index (χ4v) is 5.11. The van der Waals surface area contributed by atoms with E-state index in [4.69, 9.17) is 4.74 Å². The molecule has 4 N–H and O–H groups in total. The first kappa shape index (κ1) is 26.5. The van der Waals surface area contributed by atoms with Gasteiger partial charge < -0.3 is 25.4 Å². The second kappa shape index (κ2) is 9.72. The van der Waals surface area contributed by atoms with E-state index in [1.165, 1.54) is 32.1 Å². The number of aliphatic hydroxyl groups is 2. The molecule has 9 nitrogen and oxygen atoms in total. The van der Waals surface area contributed by atoms with Gasteiger partial charge in [-0.1, -0.05) is 25.2 Å². The van der Waals surface area contributed by atoms with Crippen LogP contribution in [0.4, 0.5) is 0 Å². The van der Waals surface area contributed by atoms with Gasteiger partial charge in [0.25, 0.3) is 0 Å². The average molecular weight is 510 g/mol. The lowest BCUT2D eigenvalue weighted by Crippen LogP contribution is -2.39. The number of benzene rings is 1. The Morgan fingerprint density at radius 3 is 2.51 bits per heavy atom. The molecule has 1 saturated heterocycles. The van der Waals surface area contributed by atoms with Crippen molar-refractivity contribution in [2.45, 2.75) is 64.8 Å². The van der Waals surface area contributed by atoms with Crippen LogP contribution in [-0.2, 0) is 19.9 Å². The zero-order valence-corrected chi connectivity index (χ0v) is 21.2. The maximum atomic E-state index is 13.4. The molecular formula is C28H31NO8. The Balaban J connectivity index is 1.95. The van der Waals surface area contributed by atoms with E-state index in [2.05, 4.69) is 5.32 Å². The molecule has 9 heteroatoms. The number of Topliss-reactive ketones (excluding diaryl/α,β-unsaturated/α-hetero) is 1. The molecule has 1 aliphatic carbocycles. The van der Waals surface area contributed by atoms with Gasteiger partial charge in [0, 0.05) is 29.2 Å². The van der Waals surface area contributed by atoms with Crippen molar-refractivity contribution in [2.24, 2.45) is 11.8 Å². The van der Waals surface area contributed by atoms with Crippen LogP contribution < -0.4 is 5.32 Å². The Labute approximate surface area is 214 Å². The van der Waals surface area contributed by atoms with E-state index in [1.54, 1.807) is 13.0 Å². The smallest absolute Gasteiger partial charge is 0.333 e. The summed E-state index contributed by atoms with van der Waals surface area (Å²) in [6.45, 7) is 6.42. The number of allylic oxidation sites excluding steroid dienone is 2. The number of ketones is 2. The highest BCUT2D eigenvalue weighted by Crippen LogP contribution is 2.49. The number of aryl methyl sites for hydroxylation is 1. The van der Waals surface area contributed by atoms with Crippen LogP contribution in [-0.4, -0.2) is 51.0 Å². The number of esters is 1.